The van der Waals surface area contributed by atoms with Gasteiger partial charge in [-0.15, -0.1) is 21.5 Å². The molecule has 0 unspecified atom stereocenters. The van der Waals surface area contributed by atoms with Gasteiger partial charge in [0.2, 0.25) is 11.8 Å². The number of hydrogen-bond donors (Lipinski definition) is 2. The molecule has 1 amide bonds. The van der Waals surface area contributed by atoms with Crippen molar-refractivity contribution in [2.24, 2.45) is 5.92 Å². The lowest BCUT2D eigenvalue weighted by Gasteiger charge is -2.07. The van der Waals surface area contributed by atoms with E-state index in [1.807, 2.05) is 26.8 Å². The number of pyridine rings is 1. The summed E-state index contributed by atoms with van der Waals surface area (Å²) >= 11 is 1.44. The van der Waals surface area contributed by atoms with E-state index in [-0.39, 0.29) is 11.8 Å². The molecular weight excluding hydrogens is 352 g/mol. The first kappa shape index (κ1) is 18.0. The topological polar surface area (TPSA) is 106 Å². The Kier molecular flexibility index (Phi) is 5.57. The Morgan fingerprint density at radius 3 is 2.96 bits per heavy atom. The Morgan fingerprint density at radius 2 is 2.27 bits per heavy atom. The van der Waals surface area contributed by atoms with Gasteiger partial charge in [0.25, 0.3) is 0 Å². The van der Waals surface area contributed by atoms with Crippen LogP contribution in [0.3, 0.4) is 0 Å². The van der Waals surface area contributed by atoms with Crippen molar-refractivity contribution >= 4 is 23.1 Å². The van der Waals surface area contributed by atoms with Crippen LogP contribution < -0.4 is 10.1 Å². The minimum atomic E-state index is -0.0545. The molecule has 2 N–H and O–H groups in total. The molecule has 3 rings (SSSR count). The van der Waals surface area contributed by atoms with Crippen LogP contribution in [-0.4, -0.2) is 37.7 Å². The predicted molar refractivity (Wildman–Crippen MR) is 100.0 cm³/mol. The Hall–Kier alpha value is -2.81. The van der Waals surface area contributed by atoms with Crippen LogP contribution in [0.1, 0.15) is 27.2 Å². The number of nitrogens with zero attached hydrogens (tertiary/aromatic N) is 4. The minimum Gasteiger partial charge on any atom is -0.477 e. The Morgan fingerprint density at radius 1 is 1.42 bits per heavy atom. The molecule has 0 saturated heterocycles. The van der Waals surface area contributed by atoms with Crippen molar-refractivity contribution in [3.63, 3.8) is 0 Å². The summed E-state index contributed by atoms with van der Waals surface area (Å²) < 4.78 is 5.63. The first-order chi connectivity index (χ1) is 12.6. The lowest BCUT2D eigenvalue weighted by molar-refractivity contribution is -0.116. The molecule has 0 aliphatic rings. The standard InChI is InChI=1S/C17H20N6O2S/c1-4-25-16-14(15-19-9-20-23-15)26-17(22-16)11-5-6-18-12(8-11)21-13(24)7-10(2)3/h5-6,8-10H,4,7H2,1-3H3,(H,18,21,24)(H,19,20,23). The number of thiazole rings is 1. The fourth-order valence-corrected chi connectivity index (χ4v) is 3.28. The maximum Gasteiger partial charge on any atom is 0.236 e. The second-order valence-electron chi connectivity index (χ2n) is 6.00. The molecule has 0 spiro atoms. The highest BCUT2D eigenvalue weighted by atomic mass is 32.1. The van der Waals surface area contributed by atoms with E-state index in [2.05, 4.69) is 30.5 Å². The van der Waals surface area contributed by atoms with Crippen molar-refractivity contribution in [3.8, 4) is 27.2 Å². The van der Waals surface area contributed by atoms with Crippen LogP contribution in [-0.2, 0) is 4.79 Å². The largest absolute Gasteiger partial charge is 0.477 e. The fourth-order valence-electron chi connectivity index (χ4n) is 2.33. The van der Waals surface area contributed by atoms with Gasteiger partial charge in [-0.1, -0.05) is 13.8 Å². The molecule has 9 heteroatoms. The van der Waals surface area contributed by atoms with Crippen LogP contribution in [0.25, 0.3) is 21.3 Å². The summed E-state index contributed by atoms with van der Waals surface area (Å²) in [7, 11) is 0. The summed E-state index contributed by atoms with van der Waals surface area (Å²) in [6.07, 6.45) is 3.61. The van der Waals surface area contributed by atoms with E-state index in [9.17, 15) is 4.79 Å². The fraction of sp³-hybridized carbons (Fsp3) is 0.353. The number of carbonyl (C=O) groups excluding carboxylic acids is 1. The molecule has 0 aromatic carbocycles. The lowest BCUT2D eigenvalue weighted by atomic mass is 10.1. The molecule has 0 atom stereocenters. The third kappa shape index (κ3) is 4.23. The summed E-state index contributed by atoms with van der Waals surface area (Å²) in [6, 6.07) is 3.65. The number of hydrogen-bond acceptors (Lipinski definition) is 7. The van der Waals surface area contributed by atoms with E-state index < -0.39 is 0 Å². The summed E-state index contributed by atoms with van der Waals surface area (Å²) in [5, 5.41) is 11.4. The molecule has 0 aliphatic heterocycles. The number of aromatic nitrogens is 5. The van der Waals surface area contributed by atoms with E-state index in [1.165, 1.54) is 17.7 Å². The molecule has 0 saturated carbocycles. The van der Waals surface area contributed by atoms with Crippen molar-refractivity contribution in [2.75, 3.05) is 11.9 Å². The number of carbonyl (C=O) groups is 1. The highest BCUT2D eigenvalue weighted by Gasteiger charge is 2.18. The second-order valence-corrected chi connectivity index (χ2v) is 7.00. The van der Waals surface area contributed by atoms with Gasteiger partial charge in [-0.2, -0.15) is 0 Å². The van der Waals surface area contributed by atoms with Gasteiger partial charge in [0, 0.05) is 18.2 Å². The summed E-state index contributed by atoms with van der Waals surface area (Å²) in [5.74, 6) is 1.85. The smallest absolute Gasteiger partial charge is 0.236 e. The first-order valence-corrected chi connectivity index (χ1v) is 9.14. The Labute approximate surface area is 155 Å². The lowest BCUT2D eigenvalue weighted by Crippen LogP contribution is -2.14. The van der Waals surface area contributed by atoms with Crippen molar-refractivity contribution in [1.82, 2.24) is 25.1 Å². The van der Waals surface area contributed by atoms with E-state index >= 15 is 0 Å². The number of nitrogens with one attached hydrogen (secondary N) is 2. The van der Waals surface area contributed by atoms with Gasteiger partial charge < -0.3 is 15.0 Å². The van der Waals surface area contributed by atoms with Gasteiger partial charge in [-0.3, -0.25) is 4.79 Å². The molecule has 0 aliphatic carbocycles. The van der Waals surface area contributed by atoms with Crippen molar-refractivity contribution in [1.29, 1.82) is 0 Å². The average Bonchev–Trinajstić information content (AvgIpc) is 3.24. The normalized spacial score (nSPS) is 10.9. The zero-order chi connectivity index (χ0) is 18.5. The van der Waals surface area contributed by atoms with Gasteiger partial charge in [0.15, 0.2) is 5.82 Å². The van der Waals surface area contributed by atoms with Crippen LogP contribution >= 0.6 is 11.3 Å². The highest BCUT2D eigenvalue weighted by Crippen LogP contribution is 2.38. The molecule has 136 valence electrons. The number of aromatic amines is 1. The maximum atomic E-state index is 12.0. The van der Waals surface area contributed by atoms with Crippen LogP contribution in [0.5, 0.6) is 5.88 Å². The molecule has 0 fully saturated rings. The molecule has 8 nitrogen and oxygen atoms in total. The summed E-state index contributed by atoms with van der Waals surface area (Å²) in [4.78, 5) is 24.5. The Balaban J connectivity index is 1.88. The number of H-pyrrole nitrogens is 1. The van der Waals surface area contributed by atoms with Crippen LogP contribution in [0.15, 0.2) is 24.7 Å². The van der Waals surface area contributed by atoms with E-state index in [1.54, 1.807) is 12.3 Å². The highest BCUT2D eigenvalue weighted by molar-refractivity contribution is 7.18. The van der Waals surface area contributed by atoms with Crippen LogP contribution in [0.2, 0.25) is 0 Å². The summed E-state index contributed by atoms with van der Waals surface area (Å²) in [5.41, 5.74) is 0.844. The molecule has 3 heterocycles. The zero-order valence-corrected chi connectivity index (χ0v) is 15.6. The third-order valence-electron chi connectivity index (χ3n) is 3.38. The number of ether oxygens (including phenoxy) is 1. The Bertz CT molecular complexity index is 875. The first-order valence-electron chi connectivity index (χ1n) is 8.33. The van der Waals surface area contributed by atoms with Gasteiger partial charge in [0.05, 0.1) is 6.61 Å². The molecule has 3 aromatic heterocycles. The van der Waals surface area contributed by atoms with Crippen LogP contribution in [0, 0.1) is 5.92 Å². The van der Waals surface area contributed by atoms with E-state index in [4.69, 9.17) is 4.74 Å². The van der Waals surface area contributed by atoms with Crippen molar-refractivity contribution < 1.29 is 9.53 Å². The monoisotopic (exact) mass is 372 g/mol. The van der Waals surface area contributed by atoms with Crippen molar-refractivity contribution in [2.45, 2.75) is 27.2 Å². The molecule has 0 radical (unpaired) electrons. The number of rotatable bonds is 7. The molecule has 3 aromatic rings. The van der Waals surface area contributed by atoms with Gasteiger partial charge >= 0.3 is 0 Å². The predicted octanol–water partition coefficient (Wildman–Crippen LogP) is 3.37. The molecule has 26 heavy (non-hydrogen) atoms. The molecule has 0 bridgehead atoms. The minimum absolute atomic E-state index is 0.0545. The van der Waals surface area contributed by atoms with Gasteiger partial charge in [-0.25, -0.2) is 9.97 Å². The van der Waals surface area contributed by atoms with Gasteiger partial charge in [0.1, 0.15) is 22.0 Å². The average molecular weight is 372 g/mol. The van der Waals surface area contributed by atoms with Gasteiger partial charge in [-0.05, 0) is 25.0 Å². The van der Waals surface area contributed by atoms with E-state index in [0.29, 0.717) is 30.5 Å². The maximum absolute atomic E-state index is 12.0. The summed E-state index contributed by atoms with van der Waals surface area (Å²) in [6.45, 7) is 6.40. The van der Waals surface area contributed by atoms with E-state index in [0.717, 1.165) is 15.4 Å². The third-order valence-corrected chi connectivity index (χ3v) is 4.47. The second kappa shape index (κ2) is 8.05. The number of anilines is 1. The SMILES string of the molecule is CCOc1nc(-c2ccnc(NC(=O)CC(C)C)c2)sc1-c1nnc[nH]1. The quantitative estimate of drug-likeness (QED) is 0.659. The zero-order valence-electron chi connectivity index (χ0n) is 14.8. The molecular formula is C17H20N6O2S. The van der Waals surface area contributed by atoms with Crippen molar-refractivity contribution in [3.05, 3.63) is 24.7 Å². The van der Waals surface area contributed by atoms with Crippen LogP contribution in [0.4, 0.5) is 5.82 Å². The number of amides is 1.